The number of aromatic amines is 1. The number of hydrogen-bond donors (Lipinski definition) is 3. The summed E-state index contributed by atoms with van der Waals surface area (Å²) in [7, 11) is 0. The molecule has 22 heavy (non-hydrogen) atoms. The monoisotopic (exact) mass is 295 g/mol. The highest BCUT2D eigenvalue weighted by Gasteiger charge is 2.13. The molecule has 110 valence electrons. The lowest BCUT2D eigenvalue weighted by molar-refractivity contribution is 0.0844. The molecule has 0 aliphatic heterocycles. The number of H-pyrrole nitrogens is 1. The van der Waals surface area contributed by atoms with Crippen molar-refractivity contribution in [2.45, 2.75) is 6.92 Å². The van der Waals surface area contributed by atoms with Crippen molar-refractivity contribution < 1.29 is 9.59 Å². The van der Waals surface area contributed by atoms with Crippen LogP contribution in [0.3, 0.4) is 0 Å². The molecule has 2 aromatic heterocycles. The largest absolute Gasteiger partial charge is 0.360 e. The second kappa shape index (κ2) is 5.65. The van der Waals surface area contributed by atoms with Crippen LogP contribution in [-0.4, -0.2) is 26.8 Å². The molecule has 1 aromatic carbocycles. The van der Waals surface area contributed by atoms with Crippen LogP contribution >= 0.6 is 0 Å². The maximum absolute atomic E-state index is 12.1. The molecule has 0 fully saturated rings. The molecule has 7 nitrogen and oxygen atoms in total. The highest BCUT2D eigenvalue weighted by molar-refractivity contribution is 6.07. The first-order valence-electron chi connectivity index (χ1n) is 6.60. The molecular weight excluding hydrogens is 282 g/mol. The highest BCUT2D eigenvalue weighted by Crippen LogP contribution is 2.17. The minimum Gasteiger partial charge on any atom is -0.360 e. The minimum atomic E-state index is -0.527. The van der Waals surface area contributed by atoms with Gasteiger partial charge in [-0.05, 0) is 13.0 Å². The Balaban J connectivity index is 1.70. The van der Waals surface area contributed by atoms with Gasteiger partial charge in [0.1, 0.15) is 5.69 Å². The van der Waals surface area contributed by atoms with Crippen LogP contribution in [0.25, 0.3) is 10.9 Å². The number of hydrogen-bond acceptors (Lipinski definition) is 4. The number of fused-ring (bicyclic) bond motifs is 1. The Bertz CT molecular complexity index is 839. The summed E-state index contributed by atoms with van der Waals surface area (Å²) in [6.07, 6.45) is 4.43. The first-order chi connectivity index (χ1) is 10.6. The fourth-order valence-corrected chi connectivity index (χ4v) is 2.01. The number of carbonyl (C=O) groups excluding carboxylic acids is 2. The maximum atomic E-state index is 12.1. The van der Waals surface area contributed by atoms with Crippen molar-refractivity contribution in [2.75, 3.05) is 0 Å². The SMILES string of the molecule is Cc1cnc(C(=O)NNC(=O)c2c[nH]c3ccccc23)cn1. The third kappa shape index (κ3) is 2.64. The van der Waals surface area contributed by atoms with E-state index in [-0.39, 0.29) is 5.69 Å². The molecular formula is C15H13N5O2. The van der Waals surface area contributed by atoms with Crippen LogP contribution in [0.5, 0.6) is 0 Å². The number of rotatable bonds is 2. The van der Waals surface area contributed by atoms with Crippen LogP contribution < -0.4 is 10.9 Å². The van der Waals surface area contributed by atoms with Gasteiger partial charge in [-0.1, -0.05) is 18.2 Å². The van der Waals surface area contributed by atoms with Crippen LogP contribution in [-0.2, 0) is 0 Å². The molecule has 0 spiro atoms. The van der Waals surface area contributed by atoms with Gasteiger partial charge in [-0.3, -0.25) is 25.4 Å². The molecule has 2 heterocycles. The van der Waals surface area contributed by atoms with E-state index in [4.69, 9.17) is 0 Å². The molecule has 3 rings (SSSR count). The van der Waals surface area contributed by atoms with Crippen molar-refractivity contribution in [2.24, 2.45) is 0 Å². The van der Waals surface area contributed by atoms with Gasteiger partial charge in [-0.2, -0.15) is 0 Å². The fraction of sp³-hybridized carbons (Fsp3) is 0.0667. The van der Waals surface area contributed by atoms with Crippen molar-refractivity contribution in [3.8, 4) is 0 Å². The molecule has 0 aliphatic carbocycles. The molecule has 2 amide bonds. The van der Waals surface area contributed by atoms with Crippen LogP contribution in [0.4, 0.5) is 0 Å². The zero-order chi connectivity index (χ0) is 15.5. The average Bonchev–Trinajstić information content (AvgIpc) is 2.97. The summed E-state index contributed by atoms with van der Waals surface area (Å²) >= 11 is 0. The van der Waals surface area contributed by atoms with Gasteiger partial charge in [0.05, 0.1) is 17.5 Å². The third-order valence-electron chi connectivity index (χ3n) is 3.14. The summed E-state index contributed by atoms with van der Waals surface area (Å²) in [5.41, 5.74) is 6.82. The number of nitrogens with one attached hydrogen (secondary N) is 3. The molecule has 0 bridgehead atoms. The zero-order valence-corrected chi connectivity index (χ0v) is 11.8. The van der Waals surface area contributed by atoms with E-state index in [0.717, 1.165) is 10.9 Å². The van der Waals surface area contributed by atoms with Gasteiger partial charge in [0.25, 0.3) is 11.8 Å². The summed E-state index contributed by atoms with van der Waals surface area (Å²) in [4.78, 5) is 34.9. The Morgan fingerprint density at radius 1 is 1.05 bits per heavy atom. The summed E-state index contributed by atoms with van der Waals surface area (Å²) in [5, 5.41) is 0.782. The van der Waals surface area contributed by atoms with Crippen molar-refractivity contribution >= 4 is 22.7 Å². The Labute approximate surface area is 125 Å². The van der Waals surface area contributed by atoms with E-state index in [1.807, 2.05) is 24.3 Å². The van der Waals surface area contributed by atoms with Gasteiger partial charge in [0, 0.05) is 23.3 Å². The first-order valence-corrected chi connectivity index (χ1v) is 6.60. The maximum Gasteiger partial charge on any atom is 0.289 e. The quantitative estimate of drug-likeness (QED) is 0.621. The van der Waals surface area contributed by atoms with Crippen LogP contribution in [0, 0.1) is 6.92 Å². The number of para-hydroxylation sites is 1. The fourth-order valence-electron chi connectivity index (χ4n) is 2.01. The summed E-state index contributed by atoms with van der Waals surface area (Å²) in [5.74, 6) is -0.938. The van der Waals surface area contributed by atoms with Crippen LogP contribution in [0.2, 0.25) is 0 Å². The second-order valence-corrected chi connectivity index (χ2v) is 4.70. The summed E-state index contributed by atoms with van der Waals surface area (Å²) in [6.45, 7) is 1.77. The lowest BCUT2D eigenvalue weighted by Gasteiger charge is -2.06. The molecule has 7 heteroatoms. The van der Waals surface area contributed by atoms with Crippen molar-refractivity contribution in [1.82, 2.24) is 25.8 Å². The molecule has 3 N–H and O–H groups in total. The Morgan fingerprint density at radius 2 is 1.82 bits per heavy atom. The molecule has 3 aromatic rings. The number of carbonyl (C=O) groups is 2. The van der Waals surface area contributed by atoms with Crippen LogP contribution in [0.1, 0.15) is 26.5 Å². The second-order valence-electron chi connectivity index (χ2n) is 4.70. The summed E-state index contributed by atoms with van der Waals surface area (Å²) < 4.78 is 0. The number of nitrogens with zero attached hydrogens (tertiary/aromatic N) is 2. The van der Waals surface area contributed by atoms with Crippen molar-refractivity contribution in [1.29, 1.82) is 0 Å². The number of amides is 2. The van der Waals surface area contributed by atoms with Gasteiger partial charge >= 0.3 is 0 Å². The predicted molar refractivity (Wildman–Crippen MR) is 80.0 cm³/mol. The number of aryl methyl sites for hydroxylation is 1. The Kier molecular flexibility index (Phi) is 3.53. The van der Waals surface area contributed by atoms with E-state index in [9.17, 15) is 9.59 Å². The van der Waals surface area contributed by atoms with Gasteiger partial charge < -0.3 is 4.98 Å². The molecule has 0 radical (unpaired) electrons. The average molecular weight is 295 g/mol. The Hall–Kier alpha value is -3.22. The minimum absolute atomic E-state index is 0.129. The number of hydrazine groups is 1. The highest BCUT2D eigenvalue weighted by atomic mass is 16.2. The lowest BCUT2D eigenvalue weighted by atomic mass is 10.2. The van der Waals surface area contributed by atoms with Gasteiger partial charge in [-0.15, -0.1) is 0 Å². The van der Waals surface area contributed by atoms with E-state index in [2.05, 4.69) is 25.8 Å². The predicted octanol–water partition coefficient (Wildman–Crippen LogP) is 1.34. The van der Waals surface area contributed by atoms with E-state index in [1.165, 1.54) is 12.4 Å². The topological polar surface area (TPSA) is 99.8 Å². The molecule has 0 saturated heterocycles. The normalized spacial score (nSPS) is 10.4. The van der Waals surface area contributed by atoms with E-state index in [0.29, 0.717) is 11.3 Å². The van der Waals surface area contributed by atoms with E-state index < -0.39 is 11.8 Å². The van der Waals surface area contributed by atoms with Gasteiger partial charge in [0.15, 0.2) is 0 Å². The smallest absolute Gasteiger partial charge is 0.289 e. The first kappa shape index (κ1) is 13.7. The summed E-state index contributed by atoms with van der Waals surface area (Å²) in [6, 6.07) is 7.41. The zero-order valence-electron chi connectivity index (χ0n) is 11.8. The molecule has 0 unspecified atom stereocenters. The van der Waals surface area contributed by atoms with Gasteiger partial charge in [-0.25, -0.2) is 4.98 Å². The van der Waals surface area contributed by atoms with E-state index >= 15 is 0 Å². The number of aromatic nitrogens is 3. The number of benzene rings is 1. The third-order valence-corrected chi connectivity index (χ3v) is 3.14. The van der Waals surface area contributed by atoms with Crippen molar-refractivity contribution in [3.63, 3.8) is 0 Å². The van der Waals surface area contributed by atoms with Gasteiger partial charge in [0.2, 0.25) is 0 Å². The Morgan fingerprint density at radius 3 is 2.59 bits per heavy atom. The standard InChI is InChI=1S/C15H13N5O2/c1-9-6-17-13(8-16-9)15(22)20-19-14(21)11-7-18-12-5-3-2-4-10(11)12/h2-8,18H,1H3,(H,19,21)(H,20,22). The van der Waals surface area contributed by atoms with Crippen molar-refractivity contribution in [3.05, 3.63) is 59.8 Å². The lowest BCUT2D eigenvalue weighted by Crippen LogP contribution is -2.41. The molecule has 0 atom stereocenters. The van der Waals surface area contributed by atoms with E-state index in [1.54, 1.807) is 13.1 Å². The molecule has 0 saturated carbocycles. The van der Waals surface area contributed by atoms with Crippen LogP contribution in [0.15, 0.2) is 42.9 Å². The molecule has 0 aliphatic rings.